The molecule has 1 rings (SSSR count). The number of nitrogens with one attached hydrogen (secondary N) is 2. The molecule has 0 bridgehead atoms. The molecule has 0 spiro atoms. The minimum Gasteiger partial charge on any atom is -0.315 e. The molecule has 0 aromatic carbocycles. The molecule has 1 atom stereocenters. The van der Waals surface area contributed by atoms with Crippen LogP contribution in [-0.2, 0) is 0 Å². The van der Waals surface area contributed by atoms with E-state index in [-0.39, 0.29) is 0 Å². The maximum absolute atomic E-state index is 3.50. The normalized spacial score (nSPS) is 22.8. The zero-order valence-electron chi connectivity index (χ0n) is 10.6. The fourth-order valence-corrected chi connectivity index (χ4v) is 2.14. The highest BCUT2D eigenvalue weighted by Gasteiger charge is 2.18. The Hall–Kier alpha value is -0.120. The molecule has 3 heteroatoms. The van der Waals surface area contributed by atoms with E-state index in [2.05, 4.69) is 36.4 Å². The van der Waals surface area contributed by atoms with Crippen molar-refractivity contribution in [3.05, 3.63) is 0 Å². The first kappa shape index (κ1) is 12.9. The summed E-state index contributed by atoms with van der Waals surface area (Å²) in [6.45, 7) is 10.3. The molecule has 0 aliphatic carbocycles. The SMILES string of the molecule is CC(C)NCCNCCC1CCN(C)C1. The van der Waals surface area contributed by atoms with Crippen LogP contribution in [0.5, 0.6) is 0 Å². The Morgan fingerprint density at radius 3 is 2.67 bits per heavy atom. The van der Waals surface area contributed by atoms with Crippen LogP contribution in [0.3, 0.4) is 0 Å². The Balaban J connectivity index is 1.85. The molecule has 0 aromatic heterocycles. The van der Waals surface area contributed by atoms with Gasteiger partial charge in [0.15, 0.2) is 0 Å². The lowest BCUT2D eigenvalue weighted by Gasteiger charge is -2.12. The number of likely N-dealkylation sites (tertiary alicyclic amines) is 1. The van der Waals surface area contributed by atoms with Gasteiger partial charge in [0.25, 0.3) is 0 Å². The lowest BCUT2D eigenvalue weighted by Crippen LogP contribution is -2.32. The van der Waals surface area contributed by atoms with Crippen LogP contribution in [0.15, 0.2) is 0 Å². The largest absolute Gasteiger partial charge is 0.315 e. The highest BCUT2D eigenvalue weighted by atomic mass is 15.1. The quantitative estimate of drug-likeness (QED) is 0.616. The Labute approximate surface area is 94.6 Å². The van der Waals surface area contributed by atoms with Crippen LogP contribution in [0.4, 0.5) is 0 Å². The van der Waals surface area contributed by atoms with Crippen molar-refractivity contribution < 1.29 is 0 Å². The van der Waals surface area contributed by atoms with Crippen LogP contribution in [0.2, 0.25) is 0 Å². The van der Waals surface area contributed by atoms with Gasteiger partial charge in [-0.25, -0.2) is 0 Å². The fraction of sp³-hybridized carbons (Fsp3) is 1.00. The Morgan fingerprint density at radius 2 is 2.07 bits per heavy atom. The Kier molecular flexibility index (Phi) is 6.22. The Morgan fingerprint density at radius 1 is 1.27 bits per heavy atom. The van der Waals surface area contributed by atoms with Crippen molar-refractivity contribution in [3.8, 4) is 0 Å². The van der Waals surface area contributed by atoms with Crippen molar-refractivity contribution >= 4 is 0 Å². The van der Waals surface area contributed by atoms with Gasteiger partial charge in [-0.1, -0.05) is 13.8 Å². The summed E-state index contributed by atoms with van der Waals surface area (Å²) in [4.78, 5) is 2.44. The second-order valence-electron chi connectivity index (χ2n) is 5.06. The van der Waals surface area contributed by atoms with Crippen molar-refractivity contribution in [2.45, 2.75) is 32.7 Å². The number of hydrogen-bond acceptors (Lipinski definition) is 3. The molecular weight excluding hydrogens is 186 g/mol. The molecular formula is C12H27N3. The predicted molar refractivity (Wildman–Crippen MR) is 66.2 cm³/mol. The molecule has 1 saturated heterocycles. The van der Waals surface area contributed by atoms with E-state index in [0.717, 1.165) is 19.0 Å². The van der Waals surface area contributed by atoms with Crippen LogP contribution in [0.25, 0.3) is 0 Å². The van der Waals surface area contributed by atoms with Gasteiger partial charge in [0.2, 0.25) is 0 Å². The number of nitrogens with zero attached hydrogens (tertiary/aromatic N) is 1. The number of hydrogen-bond donors (Lipinski definition) is 2. The summed E-state index contributed by atoms with van der Waals surface area (Å²) in [5.41, 5.74) is 0. The maximum atomic E-state index is 3.50. The maximum Gasteiger partial charge on any atom is 0.00790 e. The average Bonchev–Trinajstić information content (AvgIpc) is 2.57. The van der Waals surface area contributed by atoms with Gasteiger partial charge < -0.3 is 15.5 Å². The van der Waals surface area contributed by atoms with Crippen LogP contribution in [0, 0.1) is 5.92 Å². The van der Waals surface area contributed by atoms with Gasteiger partial charge in [0, 0.05) is 25.7 Å². The molecule has 0 radical (unpaired) electrons. The van der Waals surface area contributed by atoms with E-state index in [9.17, 15) is 0 Å². The van der Waals surface area contributed by atoms with Crippen molar-refractivity contribution in [1.82, 2.24) is 15.5 Å². The smallest absolute Gasteiger partial charge is 0.00790 e. The van der Waals surface area contributed by atoms with Crippen LogP contribution >= 0.6 is 0 Å². The molecule has 0 saturated carbocycles. The van der Waals surface area contributed by atoms with Gasteiger partial charge in [-0.2, -0.15) is 0 Å². The minimum absolute atomic E-state index is 0.607. The molecule has 2 N–H and O–H groups in total. The third-order valence-corrected chi connectivity index (χ3v) is 3.07. The third kappa shape index (κ3) is 6.13. The molecule has 1 aliphatic rings. The summed E-state index contributed by atoms with van der Waals surface area (Å²) in [6.07, 6.45) is 2.73. The third-order valence-electron chi connectivity index (χ3n) is 3.07. The van der Waals surface area contributed by atoms with Crippen molar-refractivity contribution in [2.24, 2.45) is 5.92 Å². The van der Waals surface area contributed by atoms with E-state index >= 15 is 0 Å². The van der Waals surface area contributed by atoms with Crippen LogP contribution in [-0.4, -0.2) is 50.7 Å². The number of rotatable bonds is 7. The average molecular weight is 213 g/mol. The van der Waals surface area contributed by atoms with E-state index in [1.165, 1.54) is 32.5 Å². The highest BCUT2D eigenvalue weighted by Crippen LogP contribution is 2.16. The highest BCUT2D eigenvalue weighted by molar-refractivity contribution is 4.73. The zero-order chi connectivity index (χ0) is 11.1. The van der Waals surface area contributed by atoms with Crippen LogP contribution < -0.4 is 10.6 Å². The second-order valence-corrected chi connectivity index (χ2v) is 5.06. The zero-order valence-corrected chi connectivity index (χ0v) is 10.6. The molecule has 1 fully saturated rings. The first-order valence-corrected chi connectivity index (χ1v) is 6.31. The van der Waals surface area contributed by atoms with E-state index in [1.54, 1.807) is 0 Å². The van der Waals surface area contributed by atoms with Gasteiger partial charge in [0.1, 0.15) is 0 Å². The molecule has 0 aromatic rings. The standard InChI is InChI=1S/C12H27N3/c1-11(2)14-8-7-13-6-4-12-5-9-15(3)10-12/h11-14H,4-10H2,1-3H3. The summed E-state index contributed by atoms with van der Waals surface area (Å²) < 4.78 is 0. The van der Waals surface area contributed by atoms with E-state index in [4.69, 9.17) is 0 Å². The lowest BCUT2D eigenvalue weighted by atomic mass is 10.1. The Bertz CT molecular complexity index is 159. The van der Waals surface area contributed by atoms with E-state index in [1.807, 2.05) is 0 Å². The van der Waals surface area contributed by atoms with Gasteiger partial charge in [0.05, 0.1) is 0 Å². The molecule has 3 nitrogen and oxygen atoms in total. The van der Waals surface area contributed by atoms with E-state index in [0.29, 0.717) is 6.04 Å². The van der Waals surface area contributed by atoms with E-state index < -0.39 is 0 Å². The molecule has 1 aliphatic heterocycles. The van der Waals surface area contributed by atoms with Crippen molar-refractivity contribution in [3.63, 3.8) is 0 Å². The van der Waals surface area contributed by atoms with Gasteiger partial charge in [-0.3, -0.25) is 0 Å². The van der Waals surface area contributed by atoms with Crippen molar-refractivity contribution in [2.75, 3.05) is 39.8 Å². The molecule has 0 amide bonds. The second kappa shape index (κ2) is 7.20. The first-order chi connectivity index (χ1) is 7.18. The first-order valence-electron chi connectivity index (χ1n) is 6.31. The minimum atomic E-state index is 0.607. The summed E-state index contributed by atoms with van der Waals surface area (Å²) in [5, 5.41) is 6.91. The monoisotopic (exact) mass is 213 g/mol. The van der Waals surface area contributed by atoms with Crippen LogP contribution in [0.1, 0.15) is 26.7 Å². The summed E-state index contributed by atoms with van der Waals surface area (Å²) >= 11 is 0. The predicted octanol–water partition coefficient (Wildman–Crippen LogP) is 0.916. The van der Waals surface area contributed by atoms with Gasteiger partial charge in [-0.15, -0.1) is 0 Å². The lowest BCUT2D eigenvalue weighted by molar-refractivity contribution is 0.384. The van der Waals surface area contributed by atoms with Gasteiger partial charge >= 0.3 is 0 Å². The van der Waals surface area contributed by atoms with Crippen molar-refractivity contribution in [1.29, 1.82) is 0 Å². The van der Waals surface area contributed by atoms with Gasteiger partial charge in [-0.05, 0) is 38.9 Å². The molecule has 1 unspecified atom stereocenters. The molecule has 15 heavy (non-hydrogen) atoms. The summed E-state index contributed by atoms with van der Waals surface area (Å²) in [5.74, 6) is 0.931. The molecule has 1 heterocycles. The summed E-state index contributed by atoms with van der Waals surface area (Å²) in [7, 11) is 2.22. The fourth-order valence-electron chi connectivity index (χ4n) is 2.14. The topological polar surface area (TPSA) is 27.3 Å². The molecule has 90 valence electrons. The summed E-state index contributed by atoms with van der Waals surface area (Å²) in [6, 6.07) is 0.607.